The number of nitrogens with one attached hydrogen (secondary N) is 1. The molecule has 0 bridgehead atoms. The average Bonchev–Trinajstić information content (AvgIpc) is 2.76. The Morgan fingerprint density at radius 3 is 2.89 bits per heavy atom. The number of anilines is 1. The SMILES string of the molecule is CN(C)CCSCc1nc(NN)c2cnn(C)c2n1. The molecule has 2 heterocycles. The number of nitrogens with two attached hydrogens (primary N) is 1. The van der Waals surface area contributed by atoms with E-state index in [1.54, 1.807) is 22.6 Å². The van der Waals surface area contributed by atoms with Crippen molar-refractivity contribution < 1.29 is 0 Å². The van der Waals surface area contributed by atoms with E-state index >= 15 is 0 Å². The van der Waals surface area contributed by atoms with Crippen molar-refractivity contribution in [1.29, 1.82) is 0 Å². The van der Waals surface area contributed by atoms with Crippen LogP contribution in [0.4, 0.5) is 5.82 Å². The predicted molar refractivity (Wildman–Crippen MR) is 78.8 cm³/mol. The summed E-state index contributed by atoms with van der Waals surface area (Å²) in [6, 6.07) is 0. The molecule has 0 aromatic carbocycles. The van der Waals surface area contributed by atoms with Crippen molar-refractivity contribution >= 4 is 28.6 Å². The highest BCUT2D eigenvalue weighted by molar-refractivity contribution is 7.98. The molecule has 0 aliphatic heterocycles. The molecule has 0 radical (unpaired) electrons. The van der Waals surface area contributed by atoms with E-state index in [9.17, 15) is 0 Å². The van der Waals surface area contributed by atoms with E-state index in [0.717, 1.165) is 34.9 Å². The molecule has 0 amide bonds. The van der Waals surface area contributed by atoms with Gasteiger partial charge in [0.15, 0.2) is 11.5 Å². The lowest BCUT2D eigenvalue weighted by Gasteiger charge is -2.09. The van der Waals surface area contributed by atoms with Crippen molar-refractivity contribution in [3.63, 3.8) is 0 Å². The Balaban J connectivity index is 2.12. The maximum absolute atomic E-state index is 5.50. The first-order chi connectivity index (χ1) is 9.11. The number of aryl methyl sites for hydroxylation is 1. The van der Waals surface area contributed by atoms with Crippen LogP contribution in [0.3, 0.4) is 0 Å². The molecular formula is C11H19N7S. The Bertz CT molecular complexity index is 551. The zero-order chi connectivity index (χ0) is 13.8. The van der Waals surface area contributed by atoms with Gasteiger partial charge in [-0.05, 0) is 14.1 Å². The van der Waals surface area contributed by atoms with Gasteiger partial charge < -0.3 is 10.3 Å². The standard InChI is InChI=1S/C11H19N7S/c1-17(2)4-5-19-7-9-14-10(16-12)8-6-13-18(3)11(8)15-9/h6H,4-5,7,12H2,1-3H3,(H,14,15,16). The highest BCUT2D eigenvalue weighted by Gasteiger charge is 2.10. The van der Waals surface area contributed by atoms with E-state index < -0.39 is 0 Å². The number of fused-ring (bicyclic) bond motifs is 1. The van der Waals surface area contributed by atoms with Crippen LogP contribution in [-0.4, -0.2) is 51.0 Å². The van der Waals surface area contributed by atoms with Crippen molar-refractivity contribution in [1.82, 2.24) is 24.6 Å². The van der Waals surface area contributed by atoms with E-state index in [0.29, 0.717) is 5.82 Å². The fourth-order valence-corrected chi connectivity index (χ4v) is 2.60. The molecule has 7 nitrogen and oxygen atoms in total. The van der Waals surface area contributed by atoms with Gasteiger partial charge in [0.25, 0.3) is 0 Å². The maximum Gasteiger partial charge on any atom is 0.163 e. The Labute approximate surface area is 116 Å². The van der Waals surface area contributed by atoms with Gasteiger partial charge in [-0.3, -0.25) is 4.68 Å². The third kappa shape index (κ3) is 3.34. The normalized spacial score (nSPS) is 11.4. The van der Waals surface area contributed by atoms with Crippen molar-refractivity contribution in [2.24, 2.45) is 12.9 Å². The Morgan fingerprint density at radius 2 is 2.21 bits per heavy atom. The fraction of sp³-hybridized carbons (Fsp3) is 0.545. The van der Waals surface area contributed by atoms with Crippen LogP contribution in [0.25, 0.3) is 11.0 Å². The second-order valence-corrected chi connectivity index (χ2v) is 5.60. The van der Waals surface area contributed by atoms with Gasteiger partial charge in [0.05, 0.1) is 17.3 Å². The summed E-state index contributed by atoms with van der Waals surface area (Å²) in [6.45, 7) is 1.04. The predicted octanol–water partition coefficient (Wildman–Crippen LogP) is 0.444. The third-order valence-electron chi connectivity index (χ3n) is 2.69. The van der Waals surface area contributed by atoms with Gasteiger partial charge in [-0.15, -0.1) is 0 Å². The van der Waals surface area contributed by atoms with E-state index in [2.05, 4.69) is 39.5 Å². The smallest absolute Gasteiger partial charge is 0.163 e. The number of thioether (sulfide) groups is 1. The molecule has 0 atom stereocenters. The Hall–Kier alpha value is -1.38. The first-order valence-corrected chi connectivity index (χ1v) is 7.15. The average molecular weight is 281 g/mol. The monoisotopic (exact) mass is 281 g/mol. The van der Waals surface area contributed by atoms with Gasteiger partial charge in [0.1, 0.15) is 5.82 Å². The lowest BCUT2D eigenvalue weighted by molar-refractivity contribution is 0.437. The van der Waals surface area contributed by atoms with Crippen LogP contribution in [0.5, 0.6) is 0 Å². The van der Waals surface area contributed by atoms with Gasteiger partial charge in [0.2, 0.25) is 0 Å². The van der Waals surface area contributed by atoms with Crippen LogP contribution in [0.1, 0.15) is 5.82 Å². The third-order valence-corrected chi connectivity index (χ3v) is 3.62. The minimum atomic E-state index is 0.626. The van der Waals surface area contributed by atoms with Crippen LogP contribution in [0, 0.1) is 0 Å². The van der Waals surface area contributed by atoms with Crippen molar-refractivity contribution in [2.75, 3.05) is 31.8 Å². The molecule has 0 aliphatic carbocycles. The summed E-state index contributed by atoms with van der Waals surface area (Å²) in [4.78, 5) is 11.1. The summed E-state index contributed by atoms with van der Waals surface area (Å²) in [7, 11) is 5.99. The molecule has 0 aliphatic rings. The number of aromatic nitrogens is 4. The molecule has 2 rings (SSSR count). The van der Waals surface area contributed by atoms with Crippen molar-refractivity contribution in [2.45, 2.75) is 5.75 Å². The molecule has 2 aromatic heterocycles. The summed E-state index contributed by atoms with van der Waals surface area (Å²) in [5.74, 6) is 8.71. The molecule has 104 valence electrons. The molecule has 0 fully saturated rings. The lowest BCUT2D eigenvalue weighted by atomic mass is 10.4. The number of nitrogen functional groups attached to an aromatic ring is 1. The molecule has 0 saturated heterocycles. The molecule has 3 N–H and O–H groups in total. The number of rotatable bonds is 6. The minimum absolute atomic E-state index is 0.626. The maximum atomic E-state index is 5.50. The summed E-state index contributed by atoms with van der Waals surface area (Å²) in [6.07, 6.45) is 1.72. The van der Waals surface area contributed by atoms with Crippen LogP contribution in [0.2, 0.25) is 0 Å². The first-order valence-electron chi connectivity index (χ1n) is 5.99. The highest BCUT2D eigenvalue weighted by atomic mass is 32.2. The van der Waals surface area contributed by atoms with Crippen LogP contribution < -0.4 is 11.3 Å². The van der Waals surface area contributed by atoms with E-state index in [1.165, 1.54) is 0 Å². The highest BCUT2D eigenvalue weighted by Crippen LogP contribution is 2.20. The minimum Gasteiger partial charge on any atom is -0.309 e. The number of hydrogen-bond acceptors (Lipinski definition) is 7. The number of hydrogen-bond donors (Lipinski definition) is 2. The second kappa shape index (κ2) is 6.18. The van der Waals surface area contributed by atoms with Gasteiger partial charge in [-0.2, -0.15) is 16.9 Å². The Morgan fingerprint density at radius 1 is 1.42 bits per heavy atom. The zero-order valence-electron chi connectivity index (χ0n) is 11.4. The van der Waals surface area contributed by atoms with Gasteiger partial charge >= 0.3 is 0 Å². The molecule has 8 heteroatoms. The zero-order valence-corrected chi connectivity index (χ0v) is 12.2. The summed E-state index contributed by atoms with van der Waals surface area (Å²) < 4.78 is 1.73. The Kier molecular flexibility index (Phi) is 4.56. The largest absolute Gasteiger partial charge is 0.309 e. The summed E-state index contributed by atoms with van der Waals surface area (Å²) >= 11 is 1.81. The summed E-state index contributed by atoms with van der Waals surface area (Å²) in [5.41, 5.74) is 3.41. The first kappa shape index (κ1) is 14.0. The molecule has 19 heavy (non-hydrogen) atoms. The molecule has 2 aromatic rings. The topological polar surface area (TPSA) is 84.9 Å². The van der Waals surface area contributed by atoms with E-state index in [1.807, 2.05) is 7.05 Å². The van der Waals surface area contributed by atoms with Crippen LogP contribution in [0.15, 0.2) is 6.20 Å². The van der Waals surface area contributed by atoms with Crippen LogP contribution in [-0.2, 0) is 12.8 Å². The van der Waals surface area contributed by atoms with Crippen molar-refractivity contribution in [3.05, 3.63) is 12.0 Å². The van der Waals surface area contributed by atoms with Gasteiger partial charge in [-0.25, -0.2) is 15.8 Å². The quantitative estimate of drug-likeness (QED) is 0.451. The lowest BCUT2D eigenvalue weighted by Crippen LogP contribution is -2.15. The molecule has 0 saturated carbocycles. The fourth-order valence-electron chi connectivity index (χ4n) is 1.65. The van der Waals surface area contributed by atoms with E-state index in [4.69, 9.17) is 5.84 Å². The molecule has 0 unspecified atom stereocenters. The number of hydrazine groups is 1. The van der Waals surface area contributed by atoms with Gasteiger partial charge in [0, 0.05) is 19.3 Å². The van der Waals surface area contributed by atoms with Crippen LogP contribution >= 0.6 is 11.8 Å². The second-order valence-electron chi connectivity index (χ2n) is 4.49. The van der Waals surface area contributed by atoms with Crippen molar-refractivity contribution in [3.8, 4) is 0 Å². The van der Waals surface area contributed by atoms with Gasteiger partial charge in [-0.1, -0.05) is 0 Å². The van der Waals surface area contributed by atoms with E-state index in [-0.39, 0.29) is 0 Å². The summed E-state index contributed by atoms with van der Waals surface area (Å²) in [5, 5.41) is 5.01. The molecular weight excluding hydrogens is 262 g/mol. The molecule has 0 spiro atoms. The number of nitrogens with zero attached hydrogens (tertiary/aromatic N) is 5.